The minimum atomic E-state index is -0.983. The summed E-state index contributed by atoms with van der Waals surface area (Å²) in [6, 6.07) is 6.62. The van der Waals surface area contributed by atoms with Gasteiger partial charge in [-0.15, -0.1) is 0 Å². The molecule has 5 nitrogen and oxygen atoms in total. The molecule has 0 aliphatic rings. The maximum absolute atomic E-state index is 11.0. The maximum atomic E-state index is 11.0. The number of carbonyl (C=O) groups is 1. The predicted octanol–water partition coefficient (Wildman–Crippen LogP) is 3.69. The largest absolute Gasteiger partial charge is 0.480 e. The van der Waals surface area contributed by atoms with Gasteiger partial charge in [0.1, 0.15) is 6.54 Å². The van der Waals surface area contributed by atoms with E-state index in [2.05, 4.69) is 4.98 Å². The monoisotopic (exact) mass is 310 g/mol. The molecular weight excluding hydrogens is 303 g/mol. The van der Waals surface area contributed by atoms with Gasteiger partial charge in [0, 0.05) is 0 Å². The second-order valence-electron chi connectivity index (χ2n) is 4.15. The zero-order valence-electron chi connectivity index (χ0n) is 10.0. The molecule has 102 valence electrons. The van der Waals surface area contributed by atoms with Crippen molar-refractivity contribution in [1.82, 2.24) is 9.55 Å². The van der Waals surface area contributed by atoms with Crippen molar-refractivity contribution in [2.24, 2.45) is 0 Å². The third-order valence-electron chi connectivity index (χ3n) is 2.83. The van der Waals surface area contributed by atoms with Crippen LogP contribution in [0.25, 0.3) is 22.6 Å². The molecule has 3 aromatic rings. The van der Waals surface area contributed by atoms with Gasteiger partial charge >= 0.3 is 5.97 Å². The molecule has 3 rings (SSSR count). The lowest BCUT2D eigenvalue weighted by Gasteiger charge is -2.04. The van der Waals surface area contributed by atoms with Crippen LogP contribution in [-0.4, -0.2) is 20.6 Å². The van der Waals surface area contributed by atoms with Crippen LogP contribution in [0, 0.1) is 0 Å². The number of aromatic nitrogens is 2. The first kappa shape index (κ1) is 13.0. The highest BCUT2D eigenvalue weighted by molar-refractivity contribution is 6.42. The van der Waals surface area contributed by atoms with Crippen molar-refractivity contribution in [2.45, 2.75) is 6.54 Å². The van der Waals surface area contributed by atoms with Gasteiger partial charge in [-0.2, -0.15) is 0 Å². The smallest absolute Gasteiger partial charge is 0.323 e. The average molecular weight is 311 g/mol. The number of furan rings is 1. The number of carboxylic acid groups (broad SMARTS) is 1. The molecule has 1 aromatic carbocycles. The third kappa shape index (κ3) is 2.15. The molecule has 0 aliphatic heterocycles. The summed E-state index contributed by atoms with van der Waals surface area (Å²) in [6.45, 7) is -0.246. The Balaban J connectivity index is 2.30. The number of hydrogen-bond acceptors (Lipinski definition) is 3. The maximum Gasteiger partial charge on any atom is 0.323 e. The molecule has 2 heterocycles. The number of carboxylic acids is 1. The van der Waals surface area contributed by atoms with Gasteiger partial charge in [0.2, 0.25) is 0 Å². The van der Waals surface area contributed by atoms with Crippen LogP contribution >= 0.6 is 23.2 Å². The Bertz CT molecular complexity index is 794. The second-order valence-corrected chi connectivity index (χ2v) is 4.96. The van der Waals surface area contributed by atoms with Gasteiger partial charge in [0.05, 0.1) is 27.3 Å². The van der Waals surface area contributed by atoms with Crippen LogP contribution < -0.4 is 0 Å². The molecule has 0 aliphatic carbocycles. The van der Waals surface area contributed by atoms with E-state index in [-0.39, 0.29) is 6.54 Å². The Kier molecular flexibility index (Phi) is 3.16. The number of hydrogen-bond donors (Lipinski definition) is 1. The van der Waals surface area contributed by atoms with Crippen molar-refractivity contribution in [2.75, 3.05) is 0 Å². The van der Waals surface area contributed by atoms with Crippen LogP contribution in [0.5, 0.6) is 0 Å². The highest BCUT2D eigenvalue weighted by Gasteiger charge is 2.18. The number of imidazole rings is 1. The molecule has 2 aromatic heterocycles. The van der Waals surface area contributed by atoms with Gasteiger partial charge in [-0.1, -0.05) is 23.2 Å². The Labute approximate surface area is 123 Å². The van der Waals surface area contributed by atoms with E-state index < -0.39 is 5.97 Å². The number of fused-ring (bicyclic) bond motifs is 1. The van der Waals surface area contributed by atoms with Crippen LogP contribution in [0.3, 0.4) is 0 Å². The zero-order chi connectivity index (χ0) is 14.3. The quantitative estimate of drug-likeness (QED) is 0.801. The zero-order valence-corrected chi connectivity index (χ0v) is 11.5. The van der Waals surface area contributed by atoms with Crippen molar-refractivity contribution in [3.8, 4) is 11.6 Å². The van der Waals surface area contributed by atoms with Gasteiger partial charge in [-0.05, 0) is 24.3 Å². The molecule has 1 N–H and O–H groups in total. The van der Waals surface area contributed by atoms with Gasteiger partial charge in [0.15, 0.2) is 11.6 Å². The molecule has 0 atom stereocenters. The Morgan fingerprint density at radius 3 is 2.75 bits per heavy atom. The van der Waals surface area contributed by atoms with E-state index in [1.54, 1.807) is 24.3 Å². The highest BCUT2D eigenvalue weighted by atomic mass is 35.5. The van der Waals surface area contributed by atoms with E-state index in [1.807, 2.05) is 0 Å². The average Bonchev–Trinajstić information content (AvgIpc) is 2.99. The molecule has 0 saturated heterocycles. The molecule has 0 amide bonds. The first-order chi connectivity index (χ1) is 9.56. The highest BCUT2D eigenvalue weighted by Crippen LogP contribution is 2.31. The summed E-state index contributed by atoms with van der Waals surface area (Å²) in [6.07, 6.45) is 1.50. The predicted molar refractivity (Wildman–Crippen MR) is 75.1 cm³/mol. The van der Waals surface area contributed by atoms with E-state index in [0.29, 0.717) is 32.7 Å². The Hall–Kier alpha value is -1.98. The fraction of sp³-hybridized carbons (Fsp3) is 0.0769. The molecule has 0 fully saturated rings. The number of halogens is 2. The van der Waals surface area contributed by atoms with Crippen molar-refractivity contribution >= 4 is 40.2 Å². The molecule has 0 spiro atoms. The number of rotatable bonds is 3. The summed E-state index contributed by atoms with van der Waals surface area (Å²) >= 11 is 11.9. The van der Waals surface area contributed by atoms with Crippen LogP contribution in [0.1, 0.15) is 0 Å². The minimum absolute atomic E-state index is 0.246. The van der Waals surface area contributed by atoms with Crippen LogP contribution in [0.4, 0.5) is 0 Å². The molecule has 0 radical (unpaired) electrons. The van der Waals surface area contributed by atoms with Gasteiger partial charge in [0.25, 0.3) is 0 Å². The number of aliphatic carboxylic acids is 1. The summed E-state index contributed by atoms with van der Waals surface area (Å²) in [7, 11) is 0. The number of nitrogens with zero attached hydrogens (tertiary/aromatic N) is 2. The van der Waals surface area contributed by atoms with Gasteiger partial charge in [-0.3, -0.25) is 4.79 Å². The lowest BCUT2D eigenvalue weighted by atomic mass is 10.3. The van der Waals surface area contributed by atoms with Gasteiger partial charge in [-0.25, -0.2) is 4.98 Å². The molecule has 7 heteroatoms. The van der Waals surface area contributed by atoms with E-state index in [0.717, 1.165) is 0 Å². The Morgan fingerprint density at radius 1 is 1.35 bits per heavy atom. The summed E-state index contributed by atoms with van der Waals surface area (Å²) in [5.74, 6) is -0.0800. The van der Waals surface area contributed by atoms with E-state index in [9.17, 15) is 4.79 Å². The molecule has 0 bridgehead atoms. The molecule has 20 heavy (non-hydrogen) atoms. The van der Waals surface area contributed by atoms with Crippen molar-refractivity contribution in [3.63, 3.8) is 0 Å². The molecule has 0 unspecified atom stereocenters. The van der Waals surface area contributed by atoms with E-state index >= 15 is 0 Å². The van der Waals surface area contributed by atoms with Crippen molar-refractivity contribution in [3.05, 3.63) is 40.6 Å². The SMILES string of the molecule is O=C(O)Cn1c(-c2ccco2)nc2cc(Cl)c(Cl)cc21. The second kappa shape index (κ2) is 4.85. The number of benzene rings is 1. The summed E-state index contributed by atoms with van der Waals surface area (Å²) in [5.41, 5.74) is 1.15. The molecular formula is C13H8Cl2N2O3. The standard InChI is InChI=1S/C13H8Cl2N2O3/c14-7-4-9-10(5-8(7)15)17(6-12(18)19)13(16-9)11-2-1-3-20-11/h1-5H,6H2,(H,18,19). The van der Waals surface area contributed by atoms with Gasteiger partial charge < -0.3 is 14.1 Å². The van der Waals surface area contributed by atoms with E-state index in [1.165, 1.54) is 10.8 Å². The van der Waals surface area contributed by atoms with Crippen LogP contribution in [-0.2, 0) is 11.3 Å². The summed E-state index contributed by atoms with van der Waals surface area (Å²) in [5, 5.41) is 9.76. The fourth-order valence-corrected chi connectivity index (χ4v) is 2.33. The lowest BCUT2D eigenvalue weighted by molar-refractivity contribution is -0.137. The normalized spacial score (nSPS) is 11.1. The topological polar surface area (TPSA) is 68.3 Å². The Morgan fingerprint density at radius 2 is 2.10 bits per heavy atom. The van der Waals surface area contributed by atoms with Crippen LogP contribution in [0.2, 0.25) is 10.0 Å². The third-order valence-corrected chi connectivity index (χ3v) is 3.55. The first-order valence-electron chi connectivity index (χ1n) is 5.67. The minimum Gasteiger partial charge on any atom is -0.480 e. The van der Waals surface area contributed by atoms with Crippen LogP contribution in [0.15, 0.2) is 34.9 Å². The lowest BCUT2D eigenvalue weighted by Crippen LogP contribution is -2.09. The molecule has 0 saturated carbocycles. The van der Waals surface area contributed by atoms with Crippen molar-refractivity contribution < 1.29 is 14.3 Å². The first-order valence-corrected chi connectivity index (χ1v) is 6.43. The summed E-state index contributed by atoms with van der Waals surface area (Å²) < 4.78 is 6.82. The fourth-order valence-electron chi connectivity index (χ4n) is 2.01. The summed E-state index contributed by atoms with van der Waals surface area (Å²) in [4.78, 5) is 15.4. The van der Waals surface area contributed by atoms with E-state index in [4.69, 9.17) is 32.7 Å². The van der Waals surface area contributed by atoms with Crippen molar-refractivity contribution in [1.29, 1.82) is 0 Å².